The largest absolute Gasteiger partial charge is 0.463 e. The Morgan fingerprint density at radius 2 is 2.10 bits per heavy atom. The zero-order valence-corrected chi connectivity index (χ0v) is 11.9. The summed E-state index contributed by atoms with van der Waals surface area (Å²) in [4.78, 5) is 8.02. The number of nitrogens with zero attached hydrogens (tertiary/aromatic N) is 2. The molecule has 4 rings (SSSR count). The Kier molecular flexibility index (Phi) is 3.59. The van der Waals surface area contributed by atoms with Crippen LogP contribution in [0.1, 0.15) is 12.6 Å². The van der Waals surface area contributed by atoms with E-state index in [1.54, 1.807) is 12.3 Å². The van der Waals surface area contributed by atoms with Crippen LogP contribution in [0, 0.1) is 17.8 Å². The van der Waals surface area contributed by atoms with Crippen molar-refractivity contribution >= 4 is 0 Å². The Labute approximate surface area is 124 Å². The molecule has 0 N–H and O–H groups in total. The molecule has 21 heavy (non-hydrogen) atoms. The van der Waals surface area contributed by atoms with E-state index in [9.17, 15) is 0 Å². The van der Waals surface area contributed by atoms with Gasteiger partial charge in [0.05, 0.1) is 13.2 Å². The second kappa shape index (κ2) is 5.55. The molecule has 1 aromatic heterocycles. The molecule has 1 fully saturated rings. The van der Waals surface area contributed by atoms with Gasteiger partial charge in [0, 0.05) is 11.6 Å². The number of benzene rings is 1. The number of fused-ring (bicyclic) bond motifs is 1. The molecule has 0 spiro atoms. The van der Waals surface area contributed by atoms with Gasteiger partial charge in [0.25, 0.3) is 0 Å². The van der Waals surface area contributed by atoms with E-state index < -0.39 is 0 Å². The minimum Gasteiger partial charge on any atom is -0.463 e. The quantitative estimate of drug-likeness (QED) is 0.692. The second-order valence-corrected chi connectivity index (χ2v) is 5.54. The predicted molar refractivity (Wildman–Crippen MR) is 79.8 cm³/mol. The Balaban J connectivity index is 0.000000180. The van der Waals surface area contributed by atoms with Gasteiger partial charge in [-0.25, -0.2) is 4.98 Å². The molecule has 2 aliphatic carbocycles. The van der Waals surface area contributed by atoms with Gasteiger partial charge in [0.2, 0.25) is 0 Å². The third kappa shape index (κ3) is 3.39. The van der Waals surface area contributed by atoms with Gasteiger partial charge in [-0.05, 0) is 29.2 Å². The molecule has 4 nitrogen and oxygen atoms in total. The molecule has 0 aromatic carbocycles. The highest BCUT2D eigenvalue weighted by Crippen LogP contribution is 2.32. The lowest BCUT2D eigenvalue weighted by atomic mass is 9.90. The highest BCUT2D eigenvalue weighted by Gasteiger charge is 2.34. The Hall–Kier alpha value is -2.38. The average molecular weight is 280 g/mol. The highest BCUT2D eigenvalue weighted by molar-refractivity contribution is 5.80. The van der Waals surface area contributed by atoms with E-state index in [1.165, 1.54) is 11.1 Å². The smallest absolute Gasteiger partial charge is 0.317 e. The molecule has 0 radical (unpaired) electrons. The molecule has 106 valence electrons. The molecule has 0 atom stereocenters. The molecule has 2 heterocycles. The normalized spacial score (nSPS) is 15.8. The molecular weight excluding hydrogens is 264 g/mol. The van der Waals surface area contributed by atoms with Gasteiger partial charge in [-0.3, -0.25) is 0 Å². The van der Waals surface area contributed by atoms with Crippen molar-refractivity contribution in [3.05, 3.63) is 42.2 Å². The Bertz CT molecular complexity index is 670. The third-order valence-electron chi connectivity index (χ3n) is 3.34. The van der Waals surface area contributed by atoms with Gasteiger partial charge in [-0.15, -0.1) is 6.42 Å². The molecule has 3 aliphatic rings. The first kappa shape index (κ1) is 13.6. The van der Waals surface area contributed by atoms with E-state index in [0.29, 0.717) is 18.3 Å². The van der Waals surface area contributed by atoms with Crippen molar-refractivity contribution in [2.24, 2.45) is 5.41 Å². The van der Waals surface area contributed by atoms with Crippen molar-refractivity contribution in [2.45, 2.75) is 6.92 Å². The molecule has 4 heteroatoms. The van der Waals surface area contributed by atoms with Crippen LogP contribution in [0.4, 0.5) is 0 Å². The number of rotatable bonds is 3. The lowest BCUT2D eigenvalue weighted by Crippen LogP contribution is -2.44. The maximum Gasteiger partial charge on any atom is 0.317 e. The van der Waals surface area contributed by atoms with E-state index in [4.69, 9.17) is 15.9 Å². The van der Waals surface area contributed by atoms with Crippen LogP contribution >= 0.6 is 0 Å². The fourth-order valence-corrected chi connectivity index (χ4v) is 1.94. The van der Waals surface area contributed by atoms with E-state index in [1.807, 2.05) is 0 Å². The molecule has 0 unspecified atom stereocenters. The molecule has 0 amide bonds. The number of hydrogen-bond acceptors (Lipinski definition) is 4. The van der Waals surface area contributed by atoms with Crippen LogP contribution in [-0.4, -0.2) is 29.8 Å². The molecule has 0 saturated carbocycles. The second-order valence-electron chi connectivity index (χ2n) is 5.54. The first-order valence-electron chi connectivity index (χ1n) is 6.79. The fraction of sp³-hybridized carbons (Fsp3) is 0.294. The van der Waals surface area contributed by atoms with Gasteiger partial charge < -0.3 is 9.47 Å². The summed E-state index contributed by atoms with van der Waals surface area (Å²) in [5, 5.41) is 0. The van der Waals surface area contributed by atoms with Crippen molar-refractivity contribution in [2.75, 3.05) is 19.8 Å². The summed E-state index contributed by atoms with van der Waals surface area (Å²) in [7, 11) is 0. The highest BCUT2D eigenvalue weighted by atomic mass is 16.5. The number of ether oxygens (including phenoxy) is 2. The summed E-state index contributed by atoms with van der Waals surface area (Å²) in [5.41, 5.74) is 3.48. The van der Waals surface area contributed by atoms with Crippen LogP contribution in [0.15, 0.2) is 36.5 Å². The van der Waals surface area contributed by atoms with Gasteiger partial charge in [-0.2, -0.15) is 4.98 Å². The summed E-state index contributed by atoms with van der Waals surface area (Å²) < 4.78 is 10.6. The summed E-state index contributed by atoms with van der Waals surface area (Å²) in [5.74, 6) is 2.44. The van der Waals surface area contributed by atoms with Crippen LogP contribution in [-0.2, 0) is 4.74 Å². The Morgan fingerprint density at radius 1 is 1.33 bits per heavy atom. The van der Waals surface area contributed by atoms with E-state index in [2.05, 4.69) is 47.1 Å². The van der Waals surface area contributed by atoms with Gasteiger partial charge in [-0.1, -0.05) is 25.1 Å². The van der Waals surface area contributed by atoms with Crippen LogP contribution in [0.3, 0.4) is 0 Å². The number of aromatic nitrogens is 2. The van der Waals surface area contributed by atoms with Crippen LogP contribution in [0.5, 0.6) is 6.01 Å². The zero-order valence-electron chi connectivity index (χ0n) is 11.9. The first-order valence-corrected chi connectivity index (χ1v) is 6.79. The predicted octanol–water partition coefficient (Wildman–Crippen LogP) is 2.54. The Morgan fingerprint density at radius 3 is 2.57 bits per heavy atom. The lowest BCUT2D eigenvalue weighted by Gasteiger charge is -2.37. The van der Waals surface area contributed by atoms with Crippen molar-refractivity contribution < 1.29 is 9.47 Å². The summed E-state index contributed by atoms with van der Waals surface area (Å²) in [6.45, 7) is 4.10. The van der Waals surface area contributed by atoms with Crippen molar-refractivity contribution in [1.82, 2.24) is 9.97 Å². The standard InChI is InChI=1S/C11H12N2O2.C6H4/c1-3-9-4-5-12-10(13-9)15-8-11(2)6-14-7-11;1-2-5-4-6(5)3-1/h1,4-5H,6-8H2,2H3;1-4H. The number of terminal acetylenes is 1. The van der Waals surface area contributed by atoms with Crippen molar-refractivity contribution in [3.8, 4) is 29.5 Å². The first-order chi connectivity index (χ1) is 10.2. The lowest BCUT2D eigenvalue weighted by molar-refractivity contribution is -0.121. The molecule has 1 aliphatic heterocycles. The summed E-state index contributed by atoms with van der Waals surface area (Å²) >= 11 is 0. The van der Waals surface area contributed by atoms with E-state index in [0.717, 1.165) is 13.2 Å². The van der Waals surface area contributed by atoms with E-state index in [-0.39, 0.29) is 5.41 Å². The maximum atomic E-state index is 5.46. The zero-order chi connectivity index (χ0) is 14.7. The SMILES string of the molecule is C#Cc1ccnc(OCC2(C)COC2)n1.c1cc2cc-2c1. The molecule has 1 aromatic rings. The van der Waals surface area contributed by atoms with Crippen LogP contribution < -0.4 is 4.74 Å². The monoisotopic (exact) mass is 280 g/mol. The fourth-order valence-electron chi connectivity index (χ4n) is 1.94. The summed E-state index contributed by atoms with van der Waals surface area (Å²) in [6.07, 6.45) is 6.82. The topological polar surface area (TPSA) is 44.2 Å². The molecule has 0 bridgehead atoms. The van der Waals surface area contributed by atoms with Gasteiger partial charge in [0.1, 0.15) is 12.3 Å². The van der Waals surface area contributed by atoms with Crippen LogP contribution in [0.2, 0.25) is 0 Å². The van der Waals surface area contributed by atoms with Gasteiger partial charge >= 0.3 is 6.01 Å². The van der Waals surface area contributed by atoms with E-state index >= 15 is 0 Å². The van der Waals surface area contributed by atoms with Gasteiger partial charge in [0.15, 0.2) is 0 Å². The minimum atomic E-state index is 0.0928. The average Bonchev–Trinajstić information content (AvgIpc) is 3.10. The summed E-state index contributed by atoms with van der Waals surface area (Å²) in [6, 6.07) is 10.5. The van der Waals surface area contributed by atoms with Crippen LogP contribution in [0.25, 0.3) is 11.1 Å². The van der Waals surface area contributed by atoms with Crippen molar-refractivity contribution in [1.29, 1.82) is 0 Å². The minimum absolute atomic E-state index is 0.0928. The maximum absolute atomic E-state index is 5.46. The molecular formula is C17H16N2O2. The van der Waals surface area contributed by atoms with Crippen molar-refractivity contribution in [3.63, 3.8) is 0 Å². The number of hydrogen-bond donors (Lipinski definition) is 0. The molecule has 1 saturated heterocycles. The third-order valence-corrected chi connectivity index (χ3v) is 3.34.